The van der Waals surface area contributed by atoms with Gasteiger partial charge in [0, 0.05) is 35.8 Å². The molecule has 0 spiro atoms. The zero-order valence-corrected chi connectivity index (χ0v) is 11.6. The molecule has 0 fully saturated rings. The number of H-pyrrole nitrogens is 1. The molecule has 0 atom stereocenters. The van der Waals surface area contributed by atoms with Gasteiger partial charge in [0.25, 0.3) is 0 Å². The molecule has 0 unspecified atom stereocenters. The quantitative estimate of drug-likeness (QED) is 0.547. The summed E-state index contributed by atoms with van der Waals surface area (Å²) in [5, 5.41) is 2.27. The monoisotopic (exact) mass is 274 g/mol. The van der Waals surface area contributed by atoms with Crippen molar-refractivity contribution in [3.05, 3.63) is 60.9 Å². The summed E-state index contributed by atoms with van der Waals surface area (Å²) in [6, 6.07) is 16.4. The molecule has 0 aliphatic carbocycles. The number of carbonyl (C=O) groups is 1. The maximum atomic E-state index is 11.8. The summed E-state index contributed by atoms with van der Waals surface area (Å²) in [5.41, 5.74) is 4.28. The molecular formula is C18H14N2O. The molecule has 21 heavy (non-hydrogen) atoms. The van der Waals surface area contributed by atoms with E-state index in [-0.39, 0.29) is 5.91 Å². The third-order valence-corrected chi connectivity index (χ3v) is 3.92. The summed E-state index contributed by atoms with van der Waals surface area (Å²) >= 11 is 0. The number of carbonyl (C=O) groups excluding carboxylic acids is 1. The minimum Gasteiger partial charge on any atom is -0.361 e. The van der Waals surface area contributed by atoms with Gasteiger partial charge in [-0.1, -0.05) is 24.3 Å². The first-order valence-corrected chi connectivity index (χ1v) is 6.92. The Morgan fingerprint density at radius 3 is 2.81 bits per heavy atom. The van der Waals surface area contributed by atoms with Crippen LogP contribution in [0.4, 0.5) is 0 Å². The van der Waals surface area contributed by atoms with Gasteiger partial charge in [-0.25, -0.2) is 0 Å². The number of hydrogen-bond acceptors (Lipinski definition) is 1. The van der Waals surface area contributed by atoms with Gasteiger partial charge in [-0.15, -0.1) is 0 Å². The summed E-state index contributed by atoms with van der Waals surface area (Å²) < 4.78 is 1.71. The lowest BCUT2D eigenvalue weighted by atomic mass is 10.0. The number of nitrogens with zero attached hydrogens (tertiary/aromatic N) is 1. The van der Waals surface area contributed by atoms with Crippen molar-refractivity contribution in [2.75, 3.05) is 0 Å². The third kappa shape index (κ3) is 1.78. The fraction of sp³-hybridized carbons (Fsp3) is 0.0556. The topological polar surface area (TPSA) is 37.8 Å². The summed E-state index contributed by atoms with van der Waals surface area (Å²) in [6.07, 6.45) is 3.87. The van der Waals surface area contributed by atoms with E-state index in [1.165, 1.54) is 5.39 Å². The lowest BCUT2D eigenvalue weighted by Crippen LogP contribution is -2.02. The van der Waals surface area contributed by atoms with Crippen molar-refractivity contribution in [2.24, 2.45) is 0 Å². The Morgan fingerprint density at radius 2 is 1.95 bits per heavy atom. The van der Waals surface area contributed by atoms with Crippen LogP contribution in [0, 0.1) is 0 Å². The van der Waals surface area contributed by atoms with Crippen molar-refractivity contribution in [2.45, 2.75) is 6.92 Å². The van der Waals surface area contributed by atoms with E-state index in [1.54, 1.807) is 11.5 Å². The van der Waals surface area contributed by atoms with Crippen LogP contribution in [-0.4, -0.2) is 15.5 Å². The minimum atomic E-state index is 0.0279. The second-order valence-corrected chi connectivity index (χ2v) is 5.23. The zero-order chi connectivity index (χ0) is 14.4. The number of hydrogen-bond donors (Lipinski definition) is 1. The number of aromatic nitrogens is 2. The van der Waals surface area contributed by atoms with Crippen molar-refractivity contribution in [3.8, 4) is 11.1 Å². The van der Waals surface area contributed by atoms with Crippen molar-refractivity contribution in [3.63, 3.8) is 0 Å². The number of benzene rings is 2. The van der Waals surface area contributed by atoms with Crippen molar-refractivity contribution < 1.29 is 4.79 Å². The third-order valence-electron chi connectivity index (χ3n) is 3.92. The molecule has 0 saturated carbocycles. The van der Waals surface area contributed by atoms with Crippen LogP contribution < -0.4 is 0 Å². The number of fused-ring (bicyclic) bond motifs is 2. The predicted molar refractivity (Wildman–Crippen MR) is 85.5 cm³/mol. The molecule has 4 aromatic rings. The van der Waals surface area contributed by atoms with E-state index in [9.17, 15) is 4.79 Å². The van der Waals surface area contributed by atoms with Crippen LogP contribution in [0.2, 0.25) is 0 Å². The smallest absolute Gasteiger partial charge is 0.227 e. The number of aromatic amines is 1. The summed E-state index contributed by atoms with van der Waals surface area (Å²) in [6.45, 7) is 1.59. The van der Waals surface area contributed by atoms with Gasteiger partial charge in [-0.05, 0) is 35.2 Å². The van der Waals surface area contributed by atoms with Crippen LogP contribution in [0.15, 0.2) is 60.9 Å². The minimum absolute atomic E-state index is 0.0279. The summed E-state index contributed by atoms with van der Waals surface area (Å²) in [4.78, 5) is 15.0. The van der Waals surface area contributed by atoms with Gasteiger partial charge < -0.3 is 4.98 Å². The molecule has 4 rings (SSSR count). The fourth-order valence-corrected chi connectivity index (χ4v) is 2.89. The highest BCUT2D eigenvalue weighted by Crippen LogP contribution is 2.32. The molecule has 0 radical (unpaired) electrons. The second kappa shape index (κ2) is 4.35. The lowest BCUT2D eigenvalue weighted by molar-refractivity contribution is 0.0942. The van der Waals surface area contributed by atoms with Crippen LogP contribution in [0.1, 0.15) is 11.7 Å². The molecule has 0 bridgehead atoms. The van der Waals surface area contributed by atoms with Crippen molar-refractivity contribution >= 4 is 27.7 Å². The maximum Gasteiger partial charge on any atom is 0.227 e. The fourth-order valence-electron chi connectivity index (χ4n) is 2.89. The van der Waals surface area contributed by atoms with E-state index >= 15 is 0 Å². The molecule has 0 saturated heterocycles. The highest BCUT2D eigenvalue weighted by atomic mass is 16.1. The second-order valence-electron chi connectivity index (χ2n) is 5.23. The van der Waals surface area contributed by atoms with Crippen molar-refractivity contribution in [1.82, 2.24) is 9.55 Å². The van der Waals surface area contributed by atoms with Crippen LogP contribution in [-0.2, 0) is 0 Å². The molecule has 102 valence electrons. The Hall–Kier alpha value is -2.81. The van der Waals surface area contributed by atoms with E-state index in [0.717, 1.165) is 27.5 Å². The normalized spacial score (nSPS) is 11.3. The first kappa shape index (κ1) is 12.0. The van der Waals surface area contributed by atoms with Gasteiger partial charge in [0.1, 0.15) is 0 Å². The Bertz CT molecular complexity index is 975. The number of para-hydroxylation sites is 1. The summed E-state index contributed by atoms with van der Waals surface area (Å²) in [5.74, 6) is 0.0279. The van der Waals surface area contributed by atoms with Crippen LogP contribution in [0.25, 0.3) is 32.9 Å². The van der Waals surface area contributed by atoms with Crippen LogP contribution in [0.3, 0.4) is 0 Å². The van der Waals surface area contributed by atoms with Crippen LogP contribution >= 0.6 is 0 Å². The van der Waals surface area contributed by atoms with E-state index < -0.39 is 0 Å². The Balaban J connectivity index is 2.03. The molecule has 3 heteroatoms. The van der Waals surface area contributed by atoms with E-state index in [0.29, 0.717) is 0 Å². The Morgan fingerprint density at radius 1 is 1.10 bits per heavy atom. The highest BCUT2D eigenvalue weighted by molar-refractivity contribution is 6.02. The molecule has 2 aromatic heterocycles. The molecule has 1 N–H and O–H groups in total. The van der Waals surface area contributed by atoms with Gasteiger partial charge in [0.05, 0.1) is 5.52 Å². The molecule has 2 aromatic carbocycles. The Labute approximate surface area is 121 Å². The zero-order valence-electron chi connectivity index (χ0n) is 11.6. The van der Waals surface area contributed by atoms with Gasteiger partial charge >= 0.3 is 0 Å². The SMILES string of the molecule is CC(=O)n1cc(-c2ccc3[nH]ccc3c2)c2ccccc21. The first-order valence-electron chi connectivity index (χ1n) is 6.92. The van der Waals surface area contributed by atoms with E-state index in [2.05, 4.69) is 35.3 Å². The molecule has 2 heterocycles. The van der Waals surface area contributed by atoms with Crippen molar-refractivity contribution in [1.29, 1.82) is 0 Å². The van der Waals surface area contributed by atoms with E-state index in [4.69, 9.17) is 0 Å². The van der Waals surface area contributed by atoms with E-state index in [1.807, 2.05) is 30.6 Å². The van der Waals surface area contributed by atoms with Gasteiger partial charge in [-0.2, -0.15) is 0 Å². The highest BCUT2D eigenvalue weighted by Gasteiger charge is 2.12. The number of rotatable bonds is 1. The maximum absolute atomic E-state index is 11.8. The van der Waals surface area contributed by atoms with Gasteiger partial charge in [0.2, 0.25) is 5.91 Å². The molecule has 3 nitrogen and oxygen atoms in total. The molecular weight excluding hydrogens is 260 g/mol. The Kier molecular flexibility index (Phi) is 2.48. The van der Waals surface area contributed by atoms with Gasteiger partial charge in [0.15, 0.2) is 0 Å². The average Bonchev–Trinajstić information content (AvgIpc) is 3.10. The van der Waals surface area contributed by atoms with Crippen LogP contribution in [0.5, 0.6) is 0 Å². The lowest BCUT2D eigenvalue weighted by Gasteiger charge is -2.00. The first-order chi connectivity index (χ1) is 10.2. The standard InChI is InChI=1S/C18H14N2O/c1-12(21)20-11-16(15-4-2-3-5-18(15)20)13-6-7-17-14(10-13)8-9-19-17/h2-11,19H,1H3. The predicted octanol–water partition coefficient (Wildman–Crippen LogP) is 4.45. The number of nitrogens with one attached hydrogen (secondary N) is 1. The summed E-state index contributed by atoms with van der Waals surface area (Å²) in [7, 11) is 0. The molecule has 0 aliphatic heterocycles. The largest absolute Gasteiger partial charge is 0.361 e. The average molecular weight is 274 g/mol. The van der Waals surface area contributed by atoms with Gasteiger partial charge in [-0.3, -0.25) is 9.36 Å². The molecule has 0 aliphatic rings. The molecule has 0 amide bonds.